The lowest BCUT2D eigenvalue weighted by Gasteiger charge is -2.36. The molecule has 148 valence electrons. The van der Waals surface area contributed by atoms with Gasteiger partial charge in [0.25, 0.3) is 5.91 Å². The normalized spacial score (nSPS) is 21.0. The van der Waals surface area contributed by atoms with Crippen molar-refractivity contribution in [1.29, 1.82) is 0 Å². The Labute approximate surface area is 166 Å². The summed E-state index contributed by atoms with van der Waals surface area (Å²) >= 11 is 5.88. The maximum atomic E-state index is 13.5. The van der Waals surface area contributed by atoms with Gasteiger partial charge in [0.1, 0.15) is 11.5 Å². The van der Waals surface area contributed by atoms with Gasteiger partial charge in [-0.2, -0.15) is 5.10 Å². The molecule has 3 amide bonds. The van der Waals surface area contributed by atoms with Gasteiger partial charge in [-0.15, -0.1) is 0 Å². The SMILES string of the molecule is CC1CC(NC(=O)N2CCn3nc(-c4ccc(F)c(Cl)c4)c(C(N)=O)c3C2)C1. The van der Waals surface area contributed by atoms with E-state index in [9.17, 15) is 14.0 Å². The van der Waals surface area contributed by atoms with Crippen LogP contribution in [-0.2, 0) is 13.1 Å². The minimum atomic E-state index is -0.647. The van der Waals surface area contributed by atoms with Crippen molar-refractivity contribution in [1.82, 2.24) is 20.0 Å². The highest BCUT2D eigenvalue weighted by Gasteiger charge is 2.32. The van der Waals surface area contributed by atoms with Gasteiger partial charge in [-0.3, -0.25) is 9.48 Å². The first-order valence-electron chi connectivity index (χ1n) is 9.23. The van der Waals surface area contributed by atoms with Crippen LogP contribution in [0.4, 0.5) is 9.18 Å². The molecule has 0 atom stereocenters. The van der Waals surface area contributed by atoms with Gasteiger partial charge < -0.3 is 16.0 Å². The smallest absolute Gasteiger partial charge is 0.318 e. The average molecular weight is 406 g/mol. The summed E-state index contributed by atoms with van der Waals surface area (Å²) in [5.74, 6) is -0.561. The molecule has 3 N–H and O–H groups in total. The summed E-state index contributed by atoms with van der Waals surface area (Å²) in [6, 6.07) is 4.21. The van der Waals surface area contributed by atoms with Crippen LogP contribution in [0.15, 0.2) is 18.2 Å². The Morgan fingerprint density at radius 2 is 2.07 bits per heavy atom. The molecule has 1 saturated carbocycles. The molecular weight excluding hydrogens is 385 g/mol. The summed E-state index contributed by atoms with van der Waals surface area (Å²) in [5.41, 5.74) is 7.28. The standard InChI is InChI=1S/C19H21ClFN5O2/c1-10-6-12(7-10)23-19(28)25-4-5-26-15(9-25)16(18(22)27)17(24-26)11-2-3-14(21)13(20)8-11/h2-3,8,10,12H,4-7,9H2,1H3,(H2,22,27)(H,23,28). The van der Waals surface area contributed by atoms with Crippen LogP contribution in [0, 0.1) is 11.7 Å². The molecule has 1 fully saturated rings. The Morgan fingerprint density at radius 1 is 1.32 bits per heavy atom. The van der Waals surface area contributed by atoms with E-state index in [1.807, 2.05) is 0 Å². The summed E-state index contributed by atoms with van der Waals surface area (Å²) in [5, 5.41) is 7.45. The first-order valence-corrected chi connectivity index (χ1v) is 9.61. The molecule has 2 heterocycles. The van der Waals surface area contributed by atoms with Crippen LogP contribution in [0.3, 0.4) is 0 Å². The van der Waals surface area contributed by atoms with E-state index in [-0.39, 0.29) is 29.2 Å². The Bertz CT molecular complexity index is 954. The maximum absolute atomic E-state index is 13.5. The van der Waals surface area contributed by atoms with Crippen molar-refractivity contribution in [2.75, 3.05) is 6.54 Å². The van der Waals surface area contributed by atoms with Gasteiger partial charge in [0.2, 0.25) is 0 Å². The molecule has 1 aromatic heterocycles. The molecule has 9 heteroatoms. The first-order chi connectivity index (χ1) is 13.3. The molecule has 0 saturated heterocycles. The summed E-state index contributed by atoms with van der Waals surface area (Å²) < 4.78 is 15.2. The number of amides is 3. The zero-order valence-electron chi connectivity index (χ0n) is 15.4. The number of urea groups is 1. The number of hydrogen-bond acceptors (Lipinski definition) is 3. The van der Waals surface area contributed by atoms with Crippen molar-refractivity contribution in [2.24, 2.45) is 11.7 Å². The van der Waals surface area contributed by atoms with E-state index < -0.39 is 11.7 Å². The predicted molar refractivity (Wildman–Crippen MR) is 102 cm³/mol. The minimum Gasteiger partial charge on any atom is -0.365 e. The van der Waals surface area contributed by atoms with Gasteiger partial charge in [-0.1, -0.05) is 18.5 Å². The Hall–Kier alpha value is -2.61. The quantitative estimate of drug-likeness (QED) is 0.822. The number of halogens is 2. The van der Waals surface area contributed by atoms with Crippen molar-refractivity contribution in [3.63, 3.8) is 0 Å². The lowest BCUT2D eigenvalue weighted by Crippen LogP contribution is -2.51. The van der Waals surface area contributed by atoms with Crippen LogP contribution in [0.5, 0.6) is 0 Å². The molecule has 0 bridgehead atoms. The van der Waals surface area contributed by atoms with Crippen LogP contribution in [0.2, 0.25) is 5.02 Å². The number of hydrogen-bond donors (Lipinski definition) is 2. The highest BCUT2D eigenvalue weighted by Crippen LogP contribution is 2.31. The van der Waals surface area contributed by atoms with Gasteiger partial charge in [-0.25, -0.2) is 9.18 Å². The van der Waals surface area contributed by atoms with Gasteiger partial charge in [0, 0.05) is 18.2 Å². The van der Waals surface area contributed by atoms with Crippen LogP contribution >= 0.6 is 11.6 Å². The third kappa shape index (κ3) is 3.32. The highest BCUT2D eigenvalue weighted by atomic mass is 35.5. The van der Waals surface area contributed by atoms with Gasteiger partial charge in [-0.05, 0) is 37.0 Å². The third-order valence-electron chi connectivity index (χ3n) is 5.41. The van der Waals surface area contributed by atoms with E-state index in [2.05, 4.69) is 17.3 Å². The monoisotopic (exact) mass is 405 g/mol. The molecule has 2 aromatic rings. The number of nitrogens with one attached hydrogen (secondary N) is 1. The van der Waals surface area contributed by atoms with E-state index in [0.717, 1.165) is 12.8 Å². The number of rotatable bonds is 3. The van der Waals surface area contributed by atoms with E-state index in [1.54, 1.807) is 9.58 Å². The number of benzene rings is 1. The van der Waals surface area contributed by atoms with Gasteiger partial charge in [0.05, 0.1) is 29.4 Å². The molecule has 0 unspecified atom stereocenters. The summed E-state index contributed by atoms with van der Waals surface area (Å²) in [6.45, 7) is 3.31. The van der Waals surface area contributed by atoms with Crippen molar-refractivity contribution in [3.05, 3.63) is 40.3 Å². The molecule has 28 heavy (non-hydrogen) atoms. The van der Waals surface area contributed by atoms with E-state index in [4.69, 9.17) is 17.3 Å². The Morgan fingerprint density at radius 3 is 2.71 bits per heavy atom. The Balaban J connectivity index is 1.62. The van der Waals surface area contributed by atoms with Gasteiger partial charge in [0.15, 0.2) is 0 Å². The summed E-state index contributed by atoms with van der Waals surface area (Å²) in [6.07, 6.45) is 1.97. The summed E-state index contributed by atoms with van der Waals surface area (Å²) in [7, 11) is 0. The zero-order chi connectivity index (χ0) is 20.0. The first kappa shape index (κ1) is 18.7. The topological polar surface area (TPSA) is 93.2 Å². The number of nitrogens with zero attached hydrogens (tertiary/aromatic N) is 3. The second-order valence-corrected chi connectivity index (χ2v) is 7.94. The average Bonchev–Trinajstić information content (AvgIpc) is 3.01. The predicted octanol–water partition coefficient (Wildman–Crippen LogP) is 2.77. The van der Waals surface area contributed by atoms with Crippen molar-refractivity contribution >= 4 is 23.5 Å². The lowest BCUT2D eigenvalue weighted by atomic mass is 9.82. The zero-order valence-corrected chi connectivity index (χ0v) is 16.2. The maximum Gasteiger partial charge on any atom is 0.318 e. The van der Waals surface area contributed by atoms with Crippen LogP contribution < -0.4 is 11.1 Å². The highest BCUT2D eigenvalue weighted by molar-refractivity contribution is 6.31. The molecule has 1 aromatic carbocycles. The number of nitrogens with two attached hydrogens (primary N) is 1. The molecule has 0 spiro atoms. The third-order valence-corrected chi connectivity index (χ3v) is 5.70. The fourth-order valence-electron chi connectivity index (χ4n) is 3.88. The van der Waals surface area contributed by atoms with E-state index >= 15 is 0 Å². The van der Waals surface area contributed by atoms with Crippen molar-refractivity contribution < 1.29 is 14.0 Å². The lowest BCUT2D eigenvalue weighted by molar-refractivity contribution is 0.0997. The number of fused-ring (bicyclic) bond motifs is 1. The van der Waals surface area contributed by atoms with Crippen LogP contribution in [-0.4, -0.2) is 39.2 Å². The van der Waals surface area contributed by atoms with Crippen molar-refractivity contribution in [3.8, 4) is 11.3 Å². The van der Waals surface area contributed by atoms with Crippen LogP contribution in [0.1, 0.15) is 35.8 Å². The minimum absolute atomic E-state index is 0.0605. The molecule has 4 rings (SSSR count). The van der Waals surface area contributed by atoms with Crippen molar-refractivity contribution in [2.45, 2.75) is 38.9 Å². The molecular formula is C19H21ClFN5O2. The second-order valence-electron chi connectivity index (χ2n) is 7.53. The molecule has 7 nitrogen and oxygen atoms in total. The molecule has 1 aliphatic heterocycles. The Kier molecular flexibility index (Phi) is 4.74. The molecule has 2 aliphatic rings. The van der Waals surface area contributed by atoms with Crippen LogP contribution in [0.25, 0.3) is 11.3 Å². The number of carbonyl (C=O) groups is 2. The number of carbonyl (C=O) groups excluding carboxylic acids is 2. The second kappa shape index (κ2) is 7.09. The number of primary amides is 1. The summed E-state index contributed by atoms with van der Waals surface area (Å²) in [4.78, 5) is 26.4. The molecule has 1 aliphatic carbocycles. The molecule has 0 radical (unpaired) electrons. The van der Waals surface area contributed by atoms with E-state index in [0.29, 0.717) is 36.0 Å². The number of aromatic nitrogens is 2. The fraction of sp³-hybridized carbons (Fsp3) is 0.421. The fourth-order valence-corrected chi connectivity index (χ4v) is 4.06. The largest absolute Gasteiger partial charge is 0.365 e. The van der Waals surface area contributed by atoms with E-state index in [1.165, 1.54) is 18.2 Å². The van der Waals surface area contributed by atoms with Gasteiger partial charge >= 0.3 is 6.03 Å².